The van der Waals surface area contributed by atoms with Crippen LogP contribution in [0.25, 0.3) is 0 Å². The maximum absolute atomic E-state index is 14.2. The molecule has 5 rings (SSSR count). The Labute approximate surface area is 243 Å². The fourth-order valence-corrected chi connectivity index (χ4v) is 5.69. The fraction of sp³-hybridized carbons (Fsp3) is 0.300. The van der Waals surface area contributed by atoms with Gasteiger partial charge in [0.2, 0.25) is 5.91 Å². The number of carbonyl (C=O) groups excluding carboxylic acids is 3. The van der Waals surface area contributed by atoms with Crippen LogP contribution in [0.15, 0.2) is 60.7 Å². The quantitative estimate of drug-likeness (QED) is 0.442. The van der Waals surface area contributed by atoms with Crippen LogP contribution in [0.1, 0.15) is 45.2 Å². The summed E-state index contributed by atoms with van der Waals surface area (Å²) in [5.41, 5.74) is 3.34. The van der Waals surface area contributed by atoms with E-state index in [1.807, 2.05) is 36.0 Å². The average Bonchev–Trinajstić information content (AvgIpc) is 3.29. The molecule has 3 amide bonds. The molecule has 8 nitrogen and oxygen atoms in total. The second-order valence-corrected chi connectivity index (χ2v) is 11.0. The van der Waals surface area contributed by atoms with E-state index in [4.69, 9.17) is 23.2 Å². The Morgan fingerprint density at radius 1 is 0.900 bits per heavy atom. The molecule has 2 aliphatic heterocycles. The monoisotopic (exact) mass is 579 g/mol. The number of hydrogen-bond acceptors (Lipinski definition) is 5. The highest BCUT2D eigenvalue weighted by atomic mass is 35.5. The van der Waals surface area contributed by atoms with Crippen LogP contribution in [0.4, 0.5) is 17.1 Å². The van der Waals surface area contributed by atoms with Gasteiger partial charge in [-0.1, -0.05) is 29.3 Å². The third-order valence-corrected chi connectivity index (χ3v) is 7.83. The van der Waals surface area contributed by atoms with Gasteiger partial charge in [0.15, 0.2) is 0 Å². The molecular formula is C30H31Cl2N5O3. The van der Waals surface area contributed by atoms with Gasteiger partial charge in [-0.15, -0.1) is 0 Å². The molecule has 0 aromatic heterocycles. The van der Waals surface area contributed by atoms with Crippen LogP contribution in [-0.4, -0.2) is 62.9 Å². The highest BCUT2D eigenvalue weighted by Gasteiger charge is 2.36. The van der Waals surface area contributed by atoms with Crippen molar-refractivity contribution in [3.63, 3.8) is 0 Å². The topological polar surface area (TPSA) is 85.0 Å². The van der Waals surface area contributed by atoms with Crippen LogP contribution in [0, 0.1) is 0 Å². The van der Waals surface area contributed by atoms with E-state index in [2.05, 4.69) is 10.6 Å². The number of benzene rings is 3. The predicted molar refractivity (Wildman–Crippen MR) is 160 cm³/mol. The van der Waals surface area contributed by atoms with Gasteiger partial charge in [0.25, 0.3) is 11.8 Å². The Morgan fingerprint density at radius 2 is 1.65 bits per heavy atom. The number of anilines is 3. The summed E-state index contributed by atoms with van der Waals surface area (Å²) in [6, 6.07) is 16.7. The summed E-state index contributed by atoms with van der Waals surface area (Å²) in [4.78, 5) is 46.1. The van der Waals surface area contributed by atoms with E-state index in [0.717, 1.165) is 25.2 Å². The lowest BCUT2D eigenvalue weighted by atomic mass is 9.99. The zero-order chi connectivity index (χ0) is 28.4. The Balaban J connectivity index is 1.60. The summed E-state index contributed by atoms with van der Waals surface area (Å²) in [6.45, 7) is 2.85. The SMILES string of the molecule is CN(C)c1ccc(C(=O)N2c3ccc(C(=O)N4CCCNCC4)cc3NC(=O)CC2c2ccc(Cl)cc2Cl)cc1. The van der Waals surface area contributed by atoms with Crippen LogP contribution in [0.5, 0.6) is 0 Å². The molecule has 1 saturated heterocycles. The Kier molecular flexibility index (Phi) is 8.30. The molecule has 0 radical (unpaired) electrons. The van der Waals surface area contributed by atoms with E-state index in [9.17, 15) is 14.4 Å². The lowest BCUT2D eigenvalue weighted by molar-refractivity contribution is -0.116. The van der Waals surface area contributed by atoms with Crippen molar-refractivity contribution in [1.82, 2.24) is 10.2 Å². The first-order valence-electron chi connectivity index (χ1n) is 13.2. The van der Waals surface area contributed by atoms with E-state index >= 15 is 0 Å². The lowest BCUT2D eigenvalue weighted by Gasteiger charge is -2.32. The summed E-state index contributed by atoms with van der Waals surface area (Å²) in [6.07, 6.45) is 0.838. The molecule has 1 fully saturated rings. The van der Waals surface area contributed by atoms with E-state index in [-0.39, 0.29) is 24.1 Å². The average molecular weight is 581 g/mol. The fourth-order valence-electron chi connectivity index (χ4n) is 5.16. The minimum Gasteiger partial charge on any atom is -0.378 e. The molecule has 10 heteroatoms. The van der Waals surface area contributed by atoms with E-state index < -0.39 is 6.04 Å². The normalized spacial score (nSPS) is 17.4. The minimum absolute atomic E-state index is 0.0291. The molecule has 1 atom stereocenters. The second-order valence-electron chi connectivity index (χ2n) is 10.2. The van der Waals surface area contributed by atoms with Crippen LogP contribution in [0.2, 0.25) is 10.0 Å². The lowest BCUT2D eigenvalue weighted by Crippen LogP contribution is -2.36. The van der Waals surface area contributed by atoms with Crippen LogP contribution < -0.4 is 20.4 Å². The Bertz CT molecular complexity index is 1440. The maximum atomic E-state index is 14.2. The second kappa shape index (κ2) is 11.9. The first kappa shape index (κ1) is 28.0. The molecular weight excluding hydrogens is 549 g/mol. The van der Waals surface area contributed by atoms with Crippen molar-refractivity contribution in [2.24, 2.45) is 0 Å². The first-order chi connectivity index (χ1) is 19.2. The number of hydrogen-bond donors (Lipinski definition) is 2. The van der Waals surface area contributed by atoms with Gasteiger partial charge in [-0.3, -0.25) is 19.3 Å². The molecule has 0 spiro atoms. The first-order valence-corrected chi connectivity index (χ1v) is 14.0. The molecule has 40 heavy (non-hydrogen) atoms. The van der Waals surface area contributed by atoms with Crippen molar-refractivity contribution in [2.75, 3.05) is 55.4 Å². The zero-order valence-electron chi connectivity index (χ0n) is 22.4. The van der Waals surface area contributed by atoms with Gasteiger partial charge in [0, 0.05) is 60.6 Å². The van der Waals surface area contributed by atoms with Gasteiger partial charge < -0.3 is 20.4 Å². The molecule has 3 aromatic rings. The standard InChI is InChI=1S/C30H31Cl2N5O3/c1-35(2)22-8-4-19(5-9-22)30(40)37-26-11-6-20(29(39)36-14-3-12-33-13-15-36)16-25(26)34-28(38)18-27(37)23-10-7-21(31)17-24(23)32/h4-11,16-17,27,33H,3,12-15,18H2,1-2H3,(H,34,38). The number of carbonyl (C=O) groups is 3. The number of halogens is 2. The van der Waals surface area contributed by atoms with Crippen molar-refractivity contribution < 1.29 is 14.4 Å². The number of nitrogens with zero attached hydrogens (tertiary/aromatic N) is 3. The smallest absolute Gasteiger partial charge is 0.258 e. The van der Waals surface area contributed by atoms with Crippen molar-refractivity contribution in [2.45, 2.75) is 18.9 Å². The van der Waals surface area contributed by atoms with Crippen LogP contribution in [0.3, 0.4) is 0 Å². The summed E-state index contributed by atoms with van der Waals surface area (Å²) >= 11 is 12.8. The van der Waals surface area contributed by atoms with E-state index in [1.54, 1.807) is 53.4 Å². The molecule has 1 unspecified atom stereocenters. The maximum Gasteiger partial charge on any atom is 0.258 e. The van der Waals surface area contributed by atoms with Gasteiger partial charge in [0.05, 0.1) is 23.8 Å². The van der Waals surface area contributed by atoms with Gasteiger partial charge in [-0.25, -0.2) is 0 Å². The summed E-state index contributed by atoms with van der Waals surface area (Å²) in [5.74, 6) is -0.699. The highest BCUT2D eigenvalue weighted by Crippen LogP contribution is 2.42. The minimum atomic E-state index is -0.703. The van der Waals surface area contributed by atoms with Gasteiger partial charge in [-0.2, -0.15) is 0 Å². The molecule has 0 saturated carbocycles. The van der Waals surface area contributed by atoms with Crippen molar-refractivity contribution in [3.8, 4) is 0 Å². The molecule has 0 aliphatic carbocycles. The molecule has 208 valence electrons. The number of amides is 3. The zero-order valence-corrected chi connectivity index (χ0v) is 23.9. The van der Waals surface area contributed by atoms with Crippen molar-refractivity contribution in [3.05, 3.63) is 87.4 Å². The van der Waals surface area contributed by atoms with Crippen molar-refractivity contribution >= 4 is 58.0 Å². The molecule has 2 heterocycles. The molecule has 2 aliphatic rings. The Morgan fingerprint density at radius 3 is 2.38 bits per heavy atom. The molecule has 0 bridgehead atoms. The van der Waals surface area contributed by atoms with Crippen LogP contribution in [-0.2, 0) is 4.79 Å². The number of fused-ring (bicyclic) bond motifs is 1. The Hall–Kier alpha value is -3.59. The summed E-state index contributed by atoms with van der Waals surface area (Å²) in [5, 5.41) is 7.05. The number of rotatable bonds is 4. The van der Waals surface area contributed by atoms with E-state index in [0.29, 0.717) is 51.2 Å². The largest absolute Gasteiger partial charge is 0.378 e. The van der Waals surface area contributed by atoms with E-state index in [1.165, 1.54) is 0 Å². The molecule has 2 N–H and O–H groups in total. The third kappa shape index (κ3) is 5.80. The van der Waals surface area contributed by atoms with Crippen LogP contribution >= 0.6 is 23.2 Å². The molecule has 3 aromatic carbocycles. The van der Waals surface area contributed by atoms with Gasteiger partial charge >= 0.3 is 0 Å². The number of nitrogens with one attached hydrogen (secondary N) is 2. The van der Waals surface area contributed by atoms with Gasteiger partial charge in [-0.05, 0) is 73.1 Å². The predicted octanol–water partition coefficient (Wildman–Crippen LogP) is 5.23. The van der Waals surface area contributed by atoms with Gasteiger partial charge in [0.1, 0.15) is 0 Å². The summed E-state index contributed by atoms with van der Waals surface area (Å²) < 4.78 is 0. The third-order valence-electron chi connectivity index (χ3n) is 7.27. The summed E-state index contributed by atoms with van der Waals surface area (Å²) in [7, 11) is 3.86. The van der Waals surface area contributed by atoms with Crippen molar-refractivity contribution in [1.29, 1.82) is 0 Å². The highest BCUT2D eigenvalue weighted by molar-refractivity contribution is 6.35.